The zero-order valence-corrected chi connectivity index (χ0v) is 57.2. The highest BCUT2D eigenvalue weighted by molar-refractivity contribution is 5.76. The molecule has 0 aromatic carbocycles. The van der Waals surface area contributed by atoms with Crippen molar-refractivity contribution in [1.29, 1.82) is 0 Å². The van der Waals surface area contributed by atoms with Crippen LogP contribution in [0.2, 0.25) is 0 Å². The van der Waals surface area contributed by atoms with Gasteiger partial charge in [0.05, 0.1) is 25.4 Å². The van der Waals surface area contributed by atoms with Gasteiger partial charge < -0.3 is 20.3 Å². The second kappa shape index (κ2) is 73.8. The number of hydrogen-bond donors (Lipinski definition) is 3. The Balaban J connectivity index is 3.40. The molecule has 6 nitrogen and oxygen atoms in total. The van der Waals surface area contributed by atoms with Crippen molar-refractivity contribution >= 4 is 11.9 Å². The third-order valence-corrected chi connectivity index (χ3v) is 18.2. The Morgan fingerprint density at radius 3 is 0.845 bits per heavy atom. The molecule has 0 heterocycles. The molecule has 0 aromatic rings. The summed E-state index contributed by atoms with van der Waals surface area (Å²) in [4.78, 5) is 24.6. The van der Waals surface area contributed by atoms with Crippen molar-refractivity contribution in [2.75, 3.05) is 13.2 Å². The van der Waals surface area contributed by atoms with Crippen molar-refractivity contribution in [2.24, 2.45) is 0 Å². The van der Waals surface area contributed by atoms with E-state index in [1.54, 1.807) is 6.08 Å². The maximum atomic E-state index is 12.5. The number of carbonyl (C=O) groups is 2. The molecule has 0 fully saturated rings. The molecule has 0 radical (unpaired) electrons. The fourth-order valence-electron chi connectivity index (χ4n) is 12.3. The molecule has 0 saturated heterocycles. The van der Waals surface area contributed by atoms with Gasteiger partial charge in [0, 0.05) is 12.8 Å². The van der Waals surface area contributed by atoms with Crippen LogP contribution in [0.1, 0.15) is 438 Å². The van der Waals surface area contributed by atoms with Gasteiger partial charge in [-0.1, -0.05) is 391 Å². The normalized spacial score (nSPS) is 12.6. The highest BCUT2D eigenvalue weighted by atomic mass is 16.5. The minimum absolute atomic E-state index is 0.0185. The number of amides is 1. The summed E-state index contributed by atoms with van der Waals surface area (Å²) in [5, 5.41) is 23.3. The lowest BCUT2D eigenvalue weighted by atomic mass is 10.0. The summed E-state index contributed by atoms with van der Waals surface area (Å²) in [6.45, 7) is 4.96. The molecule has 0 aliphatic rings. The minimum atomic E-state index is -0.847. The molecule has 0 saturated carbocycles. The topological polar surface area (TPSA) is 95.9 Å². The van der Waals surface area contributed by atoms with Gasteiger partial charge in [0.25, 0.3) is 0 Å². The fourth-order valence-corrected chi connectivity index (χ4v) is 12.3. The maximum Gasteiger partial charge on any atom is 0.305 e. The van der Waals surface area contributed by atoms with E-state index in [0.29, 0.717) is 19.4 Å². The first-order valence-corrected chi connectivity index (χ1v) is 38.6. The van der Waals surface area contributed by atoms with Gasteiger partial charge in [0.1, 0.15) is 0 Å². The van der Waals surface area contributed by atoms with Gasteiger partial charge in [0.2, 0.25) is 5.91 Å². The van der Waals surface area contributed by atoms with Crippen LogP contribution in [0.5, 0.6) is 0 Å². The third-order valence-electron chi connectivity index (χ3n) is 18.2. The van der Waals surface area contributed by atoms with E-state index in [-0.39, 0.29) is 18.5 Å². The van der Waals surface area contributed by atoms with Crippen molar-refractivity contribution in [3.05, 3.63) is 24.3 Å². The van der Waals surface area contributed by atoms with E-state index >= 15 is 0 Å². The van der Waals surface area contributed by atoms with Crippen LogP contribution in [0.25, 0.3) is 0 Å². The summed E-state index contributed by atoms with van der Waals surface area (Å²) in [7, 11) is 0. The van der Waals surface area contributed by atoms with Crippen LogP contribution in [-0.4, -0.2) is 47.4 Å². The lowest BCUT2D eigenvalue weighted by Crippen LogP contribution is -2.45. The van der Waals surface area contributed by atoms with Gasteiger partial charge in [-0.15, -0.1) is 0 Å². The summed E-state index contributed by atoms with van der Waals surface area (Å²) < 4.78 is 5.51. The summed E-state index contributed by atoms with van der Waals surface area (Å²) >= 11 is 0. The van der Waals surface area contributed by atoms with Crippen LogP contribution >= 0.6 is 0 Å². The van der Waals surface area contributed by atoms with Crippen molar-refractivity contribution in [3.63, 3.8) is 0 Å². The Labute approximate surface area is 526 Å². The zero-order valence-electron chi connectivity index (χ0n) is 57.2. The number of aliphatic hydroxyl groups excluding tert-OH is 2. The predicted molar refractivity (Wildman–Crippen MR) is 370 cm³/mol. The zero-order chi connectivity index (χ0) is 60.6. The Kier molecular flexibility index (Phi) is 72.3. The smallest absolute Gasteiger partial charge is 0.305 e. The number of nitrogens with one attached hydrogen (secondary N) is 1. The maximum absolute atomic E-state index is 12.5. The van der Waals surface area contributed by atoms with E-state index in [2.05, 4.69) is 31.3 Å². The highest BCUT2D eigenvalue weighted by Gasteiger charge is 2.18. The van der Waals surface area contributed by atoms with E-state index < -0.39 is 12.1 Å². The minimum Gasteiger partial charge on any atom is -0.466 e. The number of unbranched alkanes of at least 4 members (excludes halogenated alkanes) is 60. The largest absolute Gasteiger partial charge is 0.466 e. The lowest BCUT2D eigenvalue weighted by molar-refractivity contribution is -0.143. The van der Waals surface area contributed by atoms with Crippen LogP contribution in [-0.2, 0) is 14.3 Å². The molecule has 0 rings (SSSR count). The molecular weight excluding hydrogens is 1030 g/mol. The number of allylic oxidation sites excluding steroid dienone is 3. The monoisotopic (exact) mass is 1180 g/mol. The Bertz CT molecular complexity index is 1320. The molecular formula is C78H151NO5. The number of rotatable bonds is 73. The first-order chi connectivity index (χ1) is 41.5. The molecule has 2 atom stereocenters. The first-order valence-electron chi connectivity index (χ1n) is 38.6. The second-order valence-electron chi connectivity index (χ2n) is 26.7. The summed E-state index contributed by atoms with van der Waals surface area (Å²) in [5.41, 5.74) is 0. The van der Waals surface area contributed by atoms with E-state index in [1.165, 1.54) is 372 Å². The molecule has 498 valence electrons. The SMILES string of the molecule is CCCCCCCCCCCCCCCCCCCCCCCCC/C=C/C(O)C(CO)NC(=O)CCCCCCCCCCCC/C=C\CCCCCCCCCCCCCCOC(=O)CCCCCCCCCCCCCCCCCC. The van der Waals surface area contributed by atoms with Gasteiger partial charge in [-0.2, -0.15) is 0 Å². The fraction of sp³-hybridized carbons (Fsp3) is 0.923. The Hall–Kier alpha value is -1.66. The standard InChI is InChI=1S/C78H151NO5/c1-3-5-7-9-11-13-15-17-19-21-22-23-24-27-30-33-36-39-42-46-50-54-58-62-66-70-76(81)75(74-80)79-77(82)71-67-63-59-55-51-47-43-40-37-34-31-28-25-26-29-32-35-38-41-45-49-53-57-61-65-69-73-84-78(83)72-68-64-60-56-52-48-44-20-18-16-14-12-10-8-6-4-2/h25,28,66,70,75-76,80-81H,3-24,26-27,29-65,67-69,71-74H2,1-2H3,(H,79,82)/b28-25-,70-66+. The van der Waals surface area contributed by atoms with Crippen molar-refractivity contribution < 1.29 is 24.5 Å². The molecule has 2 unspecified atom stereocenters. The summed E-state index contributed by atoms with van der Waals surface area (Å²) in [5.74, 6) is -0.0462. The van der Waals surface area contributed by atoms with Gasteiger partial charge >= 0.3 is 5.97 Å². The molecule has 0 bridgehead atoms. The van der Waals surface area contributed by atoms with E-state index in [0.717, 1.165) is 38.5 Å². The summed E-state index contributed by atoms with van der Waals surface area (Å²) in [6.07, 6.45) is 94.3. The Morgan fingerprint density at radius 1 is 0.321 bits per heavy atom. The molecule has 3 N–H and O–H groups in total. The first kappa shape index (κ1) is 82.3. The average molecular weight is 1180 g/mol. The molecule has 1 amide bonds. The van der Waals surface area contributed by atoms with Gasteiger partial charge in [-0.3, -0.25) is 9.59 Å². The molecule has 84 heavy (non-hydrogen) atoms. The highest BCUT2D eigenvalue weighted by Crippen LogP contribution is 2.20. The number of carbonyl (C=O) groups excluding carboxylic acids is 2. The Morgan fingerprint density at radius 2 is 0.560 bits per heavy atom. The van der Waals surface area contributed by atoms with Crippen molar-refractivity contribution in [2.45, 2.75) is 450 Å². The molecule has 0 aromatic heterocycles. The van der Waals surface area contributed by atoms with Gasteiger partial charge in [0.15, 0.2) is 0 Å². The van der Waals surface area contributed by atoms with Crippen LogP contribution < -0.4 is 5.32 Å². The number of ether oxygens (including phenoxy) is 1. The van der Waals surface area contributed by atoms with Crippen LogP contribution in [0.4, 0.5) is 0 Å². The predicted octanol–water partition coefficient (Wildman–Crippen LogP) is 25.3. The van der Waals surface area contributed by atoms with Crippen LogP contribution in [0, 0.1) is 0 Å². The number of hydrogen-bond acceptors (Lipinski definition) is 5. The van der Waals surface area contributed by atoms with Crippen LogP contribution in [0.15, 0.2) is 24.3 Å². The molecule has 0 spiro atoms. The second-order valence-corrected chi connectivity index (χ2v) is 26.7. The molecule has 6 heteroatoms. The quantitative estimate of drug-likeness (QED) is 0.0320. The van der Waals surface area contributed by atoms with Gasteiger partial charge in [-0.25, -0.2) is 0 Å². The van der Waals surface area contributed by atoms with Crippen LogP contribution in [0.3, 0.4) is 0 Å². The van der Waals surface area contributed by atoms with Crippen molar-refractivity contribution in [1.82, 2.24) is 5.32 Å². The molecule has 0 aliphatic heterocycles. The van der Waals surface area contributed by atoms with Crippen molar-refractivity contribution in [3.8, 4) is 0 Å². The van der Waals surface area contributed by atoms with E-state index in [9.17, 15) is 19.8 Å². The average Bonchev–Trinajstić information content (AvgIpc) is 3.51. The summed E-state index contributed by atoms with van der Waals surface area (Å²) in [6, 6.07) is -0.631. The number of aliphatic hydroxyl groups is 2. The van der Waals surface area contributed by atoms with Gasteiger partial charge in [-0.05, 0) is 57.8 Å². The van der Waals surface area contributed by atoms with E-state index in [4.69, 9.17) is 4.74 Å². The third kappa shape index (κ3) is 69.4. The van der Waals surface area contributed by atoms with E-state index in [1.807, 2.05) is 6.08 Å². The lowest BCUT2D eigenvalue weighted by Gasteiger charge is -2.20. The number of esters is 1. The molecule has 0 aliphatic carbocycles.